The molecule has 178 valence electrons. The van der Waals surface area contributed by atoms with E-state index in [4.69, 9.17) is 9.47 Å². The van der Waals surface area contributed by atoms with Gasteiger partial charge in [-0.3, -0.25) is 14.5 Å². The minimum atomic E-state index is -4.64. The summed E-state index contributed by atoms with van der Waals surface area (Å²) in [5.74, 6) is -0.518. The lowest BCUT2D eigenvalue weighted by molar-refractivity contribution is -0.146. The van der Waals surface area contributed by atoms with Crippen LogP contribution in [-0.2, 0) is 22.3 Å². The van der Waals surface area contributed by atoms with Gasteiger partial charge in [0, 0.05) is 19.1 Å². The van der Waals surface area contributed by atoms with E-state index in [2.05, 4.69) is 5.32 Å². The summed E-state index contributed by atoms with van der Waals surface area (Å²) >= 11 is 0. The second kappa shape index (κ2) is 9.82. The summed E-state index contributed by atoms with van der Waals surface area (Å²) in [5, 5.41) is 2.67. The number of alkyl halides is 3. The maximum absolute atomic E-state index is 13.3. The van der Waals surface area contributed by atoms with Crippen LogP contribution >= 0.6 is 0 Å². The first-order chi connectivity index (χ1) is 15.5. The van der Waals surface area contributed by atoms with E-state index in [-0.39, 0.29) is 6.42 Å². The number of nitrogens with one attached hydrogen (secondary N) is 1. The molecule has 9 heteroatoms. The molecule has 2 aromatic carbocycles. The fourth-order valence-electron chi connectivity index (χ4n) is 4.21. The van der Waals surface area contributed by atoms with Crippen molar-refractivity contribution in [2.24, 2.45) is 0 Å². The van der Waals surface area contributed by atoms with Gasteiger partial charge in [-0.2, -0.15) is 13.2 Å². The Bertz CT molecular complexity index is 1040. The number of halogens is 3. The highest BCUT2D eigenvalue weighted by molar-refractivity contribution is 5.96. The van der Waals surface area contributed by atoms with Crippen LogP contribution in [0, 0.1) is 13.8 Å². The third-order valence-corrected chi connectivity index (χ3v) is 5.92. The molecule has 0 radical (unpaired) electrons. The second-order valence-electron chi connectivity index (χ2n) is 8.17. The summed E-state index contributed by atoms with van der Waals surface area (Å²) in [6.07, 6.45) is -4.41. The Morgan fingerprint density at radius 1 is 1.12 bits per heavy atom. The first kappa shape index (κ1) is 24.6. The van der Waals surface area contributed by atoms with Gasteiger partial charge in [-0.15, -0.1) is 0 Å². The van der Waals surface area contributed by atoms with Crippen molar-refractivity contribution in [3.8, 4) is 5.75 Å². The number of esters is 1. The first-order valence-electron chi connectivity index (χ1n) is 10.5. The minimum absolute atomic E-state index is 0.237. The van der Waals surface area contributed by atoms with Gasteiger partial charge < -0.3 is 14.8 Å². The Balaban J connectivity index is 1.80. The minimum Gasteiger partial charge on any atom is -0.496 e. The third kappa shape index (κ3) is 5.47. The van der Waals surface area contributed by atoms with Crippen molar-refractivity contribution >= 4 is 11.9 Å². The van der Waals surface area contributed by atoms with Crippen molar-refractivity contribution in [3.05, 3.63) is 64.2 Å². The fourth-order valence-corrected chi connectivity index (χ4v) is 4.21. The average Bonchev–Trinajstić information content (AvgIpc) is 3.16. The van der Waals surface area contributed by atoms with Crippen LogP contribution in [0.15, 0.2) is 36.4 Å². The van der Waals surface area contributed by atoms with Crippen LogP contribution in [0.5, 0.6) is 5.75 Å². The lowest BCUT2D eigenvalue weighted by atomic mass is 10.0. The predicted octanol–water partition coefficient (Wildman–Crippen LogP) is 3.88. The molecule has 1 aliphatic heterocycles. The van der Waals surface area contributed by atoms with Gasteiger partial charge in [0.05, 0.1) is 25.3 Å². The standard InChI is InChI=1S/C24H27F3N2O4/c1-14-10-21(32-3)15(2)9-16(14)12-29-13-17(11-20(29)23(31)33-4)28-22(30)18-7-5-6-8-19(18)24(25,26)27/h5-10,17,20H,11-13H2,1-4H3,(H,28,30)/t17-,20-/m0/s1. The fraction of sp³-hybridized carbons (Fsp3) is 0.417. The molecule has 1 heterocycles. The molecule has 0 aliphatic carbocycles. The van der Waals surface area contributed by atoms with Crippen molar-refractivity contribution in [2.45, 2.75) is 45.1 Å². The highest BCUT2D eigenvalue weighted by atomic mass is 19.4. The van der Waals surface area contributed by atoms with Crippen molar-refractivity contribution in [2.75, 3.05) is 20.8 Å². The number of rotatable bonds is 6. The normalized spacial score (nSPS) is 18.8. The number of likely N-dealkylation sites (tertiary alicyclic amines) is 1. The summed E-state index contributed by atoms with van der Waals surface area (Å²) < 4.78 is 50.2. The van der Waals surface area contributed by atoms with E-state index >= 15 is 0 Å². The molecule has 1 saturated heterocycles. The summed E-state index contributed by atoms with van der Waals surface area (Å²) in [7, 11) is 2.88. The molecule has 0 bridgehead atoms. The summed E-state index contributed by atoms with van der Waals surface area (Å²) in [6.45, 7) is 4.57. The molecule has 2 atom stereocenters. The molecule has 0 spiro atoms. The van der Waals surface area contributed by atoms with Crippen molar-refractivity contribution in [3.63, 3.8) is 0 Å². The smallest absolute Gasteiger partial charge is 0.417 e. The zero-order valence-electron chi connectivity index (χ0n) is 19.0. The number of aryl methyl sites for hydroxylation is 2. The van der Waals surface area contributed by atoms with Crippen LogP contribution in [0.1, 0.15) is 39.0 Å². The summed E-state index contributed by atoms with van der Waals surface area (Å²) in [5.41, 5.74) is 1.47. The molecule has 0 unspecified atom stereocenters. The number of hydrogen-bond acceptors (Lipinski definition) is 5. The molecule has 1 aliphatic rings. The molecule has 1 amide bonds. The molecule has 1 fully saturated rings. The molecule has 6 nitrogen and oxygen atoms in total. The second-order valence-corrected chi connectivity index (χ2v) is 8.17. The quantitative estimate of drug-likeness (QED) is 0.658. The van der Waals surface area contributed by atoms with Crippen molar-refractivity contribution in [1.29, 1.82) is 0 Å². The largest absolute Gasteiger partial charge is 0.496 e. The van der Waals surface area contributed by atoms with E-state index in [0.29, 0.717) is 13.1 Å². The number of carbonyl (C=O) groups excluding carboxylic acids is 2. The molecule has 3 rings (SSSR count). The van der Waals surface area contributed by atoms with Crippen LogP contribution in [0.2, 0.25) is 0 Å². The van der Waals surface area contributed by atoms with E-state index < -0.39 is 41.3 Å². The van der Waals surface area contributed by atoms with Gasteiger partial charge in [-0.1, -0.05) is 18.2 Å². The molecule has 1 N–H and O–H groups in total. The Kier molecular flexibility index (Phi) is 7.31. The molecular weight excluding hydrogens is 437 g/mol. The Hall–Kier alpha value is -3.07. The van der Waals surface area contributed by atoms with E-state index in [1.165, 1.54) is 19.2 Å². The van der Waals surface area contributed by atoms with Gasteiger partial charge in [-0.05, 0) is 55.2 Å². The van der Waals surface area contributed by atoms with E-state index in [1.54, 1.807) is 7.11 Å². The Morgan fingerprint density at radius 2 is 1.82 bits per heavy atom. The third-order valence-electron chi connectivity index (χ3n) is 5.92. The lowest BCUT2D eigenvalue weighted by Crippen LogP contribution is -2.38. The number of amides is 1. The van der Waals surface area contributed by atoms with Crippen LogP contribution in [0.3, 0.4) is 0 Å². The zero-order valence-corrected chi connectivity index (χ0v) is 19.0. The van der Waals surface area contributed by atoms with Crippen LogP contribution in [0.25, 0.3) is 0 Å². The van der Waals surface area contributed by atoms with Gasteiger partial charge in [0.15, 0.2) is 0 Å². The average molecular weight is 464 g/mol. The Labute approximate surface area is 190 Å². The zero-order chi connectivity index (χ0) is 24.3. The van der Waals surface area contributed by atoms with Gasteiger partial charge >= 0.3 is 12.1 Å². The maximum Gasteiger partial charge on any atom is 0.417 e. The maximum atomic E-state index is 13.3. The monoisotopic (exact) mass is 464 g/mol. The topological polar surface area (TPSA) is 67.9 Å². The van der Waals surface area contributed by atoms with Gasteiger partial charge in [0.1, 0.15) is 11.8 Å². The van der Waals surface area contributed by atoms with Crippen LogP contribution < -0.4 is 10.1 Å². The highest BCUT2D eigenvalue weighted by Crippen LogP contribution is 2.32. The number of ether oxygens (including phenoxy) is 2. The number of methoxy groups -OCH3 is 2. The van der Waals surface area contributed by atoms with Crippen molar-refractivity contribution < 1.29 is 32.2 Å². The Morgan fingerprint density at radius 3 is 2.45 bits per heavy atom. The molecular formula is C24H27F3N2O4. The molecule has 33 heavy (non-hydrogen) atoms. The molecule has 0 saturated carbocycles. The van der Waals surface area contributed by atoms with E-state index in [1.807, 2.05) is 30.9 Å². The number of benzene rings is 2. The predicted molar refractivity (Wildman–Crippen MR) is 116 cm³/mol. The van der Waals surface area contributed by atoms with Gasteiger partial charge in [-0.25, -0.2) is 0 Å². The van der Waals surface area contributed by atoms with Crippen LogP contribution in [-0.4, -0.2) is 49.6 Å². The lowest BCUT2D eigenvalue weighted by Gasteiger charge is -2.23. The first-order valence-corrected chi connectivity index (χ1v) is 10.5. The van der Waals surface area contributed by atoms with Crippen LogP contribution in [0.4, 0.5) is 13.2 Å². The SMILES string of the molecule is COC(=O)[C@@H]1C[C@H](NC(=O)c2ccccc2C(F)(F)F)CN1Cc1cc(C)c(OC)cc1C. The summed E-state index contributed by atoms with van der Waals surface area (Å²) in [6, 6.07) is 7.41. The number of hydrogen-bond donors (Lipinski definition) is 1. The molecule has 0 aromatic heterocycles. The van der Waals surface area contributed by atoms with Crippen molar-refractivity contribution in [1.82, 2.24) is 10.2 Å². The summed E-state index contributed by atoms with van der Waals surface area (Å²) in [4.78, 5) is 27.0. The number of carbonyl (C=O) groups is 2. The van der Waals surface area contributed by atoms with E-state index in [0.717, 1.165) is 34.6 Å². The van der Waals surface area contributed by atoms with E-state index in [9.17, 15) is 22.8 Å². The highest BCUT2D eigenvalue weighted by Gasteiger charge is 2.40. The molecule has 2 aromatic rings. The van der Waals surface area contributed by atoms with Gasteiger partial charge in [0.2, 0.25) is 0 Å². The van der Waals surface area contributed by atoms with Gasteiger partial charge in [0.25, 0.3) is 5.91 Å². The number of nitrogens with zero attached hydrogens (tertiary/aromatic N) is 1.